The van der Waals surface area contributed by atoms with E-state index in [2.05, 4.69) is 10.3 Å². The minimum absolute atomic E-state index is 0.0752. The van der Waals surface area contributed by atoms with Crippen LogP contribution >= 0.6 is 11.3 Å². The summed E-state index contributed by atoms with van der Waals surface area (Å²) in [6.07, 6.45) is 0.556. The van der Waals surface area contributed by atoms with Gasteiger partial charge in [-0.2, -0.15) is 0 Å². The van der Waals surface area contributed by atoms with Gasteiger partial charge in [0.2, 0.25) is 0 Å². The molecule has 2 N–H and O–H groups in total. The van der Waals surface area contributed by atoms with Crippen molar-refractivity contribution in [3.05, 3.63) is 40.9 Å². The zero-order valence-electron chi connectivity index (χ0n) is 10.7. The molecule has 0 aliphatic heterocycles. The van der Waals surface area contributed by atoms with Crippen molar-refractivity contribution in [3.8, 4) is 10.6 Å². The van der Waals surface area contributed by atoms with Gasteiger partial charge in [0.15, 0.2) is 0 Å². The number of rotatable bonds is 5. The lowest BCUT2D eigenvalue weighted by Gasteiger charge is -2.01. The predicted molar refractivity (Wildman–Crippen MR) is 76.3 cm³/mol. The Balaban J connectivity index is 2.11. The maximum atomic E-state index is 11.8. The second-order valence-corrected chi connectivity index (χ2v) is 5.04. The second-order valence-electron chi connectivity index (χ2n) is 4.19. The highest BCUT2D eigenvalue weighted by molar-refractivity contribution is 7.13. The van der Waals surface area contributed by atoms with Crippen LogP contribution in [0.25, 0.3) is 10.6 Å². The Labute approximate surface area is 116 Å². The molecule has 100 valence electrons. The molecule has 0 unspecified atom stereocenters. The number of nitrogens with one attached hydrogen (secondary N) is 1. The third-order valence-electron chi connectivity index (χ3n) is 2.73. The van der Waals surface area contributed by atoms with E-state index in [1.165, 1.54) is 11.3 Å². The van der Waals surface area contributed by atoms with Crippen molar-refractivity contribution in [2.24, 2.45) is 0 Å². The zero-order chi connectivity index (χ0) is 13.7. The number of hydrogen-bond acceptors (Lipinski definition) is 4. The normalized spacial score (nSPS) is 10.4. The van der Waals surface area contributed by atoms with Crippen molar-refractivity contribution in [2.75, 3.05) is 13.2 Å². The van der Waals surface area contributed by atoms with E-state index in [9.17, 15) is 4.79 Å². The number of aliphatic hydroxyl groups is 1. The van der Waals surface area contributed by atoms with Gasteiger partial charge in [-0.05, 0) is 18.9 Å². The molecule has 0 bridgehead atoms. The van der Waals surface area contributed by atoms with Crippen molar-refractivity contribution in [1.82, 2.24) is 10.3 Å². The molecule has 1 amide bonds. The van der Waals surface area contributed by atoms with E-state index in [1.807, 2.05) is 31.2 Å². The monoisotopic (exact) mass is 276 g/mol. The average Bonchev–Trinajstić information content (AvgIpc) is 2.89. The molecule has 0 saturated heterocycles. The van der Waals surface area contributed by atoms with Gasteiger partial charge < -0.3 is 10.4 Å². The number of thiazole rings is 1. The highest BCUT2D eigenvalue weighted by Crippen LogP contribution is 2.26. The Morgan fingerprint density at radius 3 is 2.95 bits per heavy atom. The van der Waals surface area contributed by atoms with Crippen molar-refractivity contribution < 1.29 is 9.90 Å². The Bertz CT molecular complexity index is 566. The molecular weight excluding hydrogens is 260 g/mol. The molecule has 1 aromatic carbocycles. The van der Waals surface area contributed by atoms with E-state index in [-0.39, 0.29) is 12.5 Å². The van der Waals surface area contributed by atoms with E-state index in [1.54, 1.807) is 5.38 Å². The fraction of sp³-hybridized carbons (Fsp3) is 0.286. The van der Waals surface area contributed by atoms with Crippen LogP contribution < -0.4 is 5.32 Å². The van der Waals surface area contributed by atoms with Crippen LogP contribution in [0.2, 0.25) is 0 Å². The number of carbonyl (C=O) groups is 1. The molecule has 4 nitrogen and oxygen atoms in total. The molecular formula is C14H16N2O2S. The Morgan fingerprint density at radius 2 is 2.21 bits per heavy atom. The first-order chi connectivity index (χ1) is 9.22. The fourth-order valence-electron chi connectivity index (χ4n) is 1.69. The van der Waals surface area contributed by atoms with Crippen LogP contribution in [-0.2, 0) is 0 Å². The van der Waals surface area contributed by atoms with E-state index >= 15 is 0 Å². The quantitative estimate of drug-likeness (QED) is 0.823. The number of aromatic nitrogens is 1. The summed E-state index contributed by atoms with van der Waals surface area (Å²) in [7, 11) is 0. The van der Waals surface area contributed by atoms with Crippen molar-refractivity contribution >= 4 is 17.2 Å². The minimum Gasteiger partial charge on any atom is -0.396 e. The van der Waals surface area contributed by atoms with Gasteiger partial charge in [-0.3, -0.25) is 4.79 Å². The van der Waals surface area contributed by atoms with Crippen molar-refractivity contribution in [1.29, 1.82) is 0 Å². The van der Waals surface area contributed by atoms with Crippen molar-refractivity contribution in [3.63, 3.8) is 0 Å². The van der Waals surface area contributed by atoms with E-state index < -0.39 is 0 Å². The molecule has 0 aliphatic carbocycles. The Kier molecular flexibility index (Phi) is 4.65. The Morgan fingerprint density at radius 1 is 1.42 bits per heavy atom. The first-order valence-electron chi connectivity index (χ1n) is 6.13. The standard InChI is InChI=1S/C14H16N2O2S/c1-10-5-2-3-6-11(10)14-16-12(9-19-14)13(18)15-7-4-8-17/h2-3,5-6,9,17H,4,7-8H2,1H3,(H,15,18). The highest BCUT2D eigenvalue weighted by Gasteiger charge is 2.12. The molecule has 0 atom stereocenters. The minimum atomic E-state index is -0.190. The summed E-state index contributed by atoms with van der Waals surface area (Å²) in [5, 5.41) is 14.0. The van der Waals surface area contributed by atoms with Gasteiger partial charge in [0.25, 0.3) is 5.91 Å². The smallest absolute Gasteiger partial charge is 0.270 e. The number of carbonyl (C=O) groups excluding carboxylic acids is 1. The van der Waals surface area contributed by atoms with Gasteiger partial charge in [-0.25, -0.2) is 4.98 Å². The number of aryl methyl sites for hydroxylation is 1. The Hall–Kier alpha value is -1.72. The van der Waals surface area contributed by atoms with Gasteiger partial charge >= 0.3 is 0 Å². The van der Waals surface area contributed by atoms with Gasteiger partial charge in [0.05, 0.1) is 0 Å². The summed E-state index contributed by atoms with van der Waals surface area (Å²) in [5.74, 6) is -0.190. The lowest BCUT2D eigenvalue weighted by molar-refractivity contribution is 0.0947. The molecule has 0 radical (unpaired) electrons. The van der Waals surface area contributed by atoms with Gasteiger partial charge in [0, 0.05) is 24.1 Å². The molecule has 1 heterocycles. The summed E-state index contributed by atoms with van der Waals surface area (Å²) in [6, 6.07) is 7.97. The van der Waals surface area contributed by atoms with Crippen LogP contribution in [0.4, 0.5) is 0 Å². The molecule has 1 aromatic heterocycles. The van der Waals surface area contributed by atoms with E-state index in [4.69, 9.17) is 5.11 Å². The van der Waals surface area contributed by atoms with Crippen LogP contribution in [0.3, 0.4) is 0 Å². The number of aliphatic hydroxyl groups excluding tert-OH is 1. The van der Waals surface area contributed by atoms with Gasteiger partial charge in [0.1, 0.15) is 10.7 Å². The molecule has 5 heteroatoms. The number of amides is 1. The maximum absolute atomic E-state index is 11.8. The van der Waals surface area contributed by atoms with Crippen LogP contribution in [0.15, 0.2) is 29.6 Å². The summed E-state index contributed by atoms with van der Waals surface area (Å²) >= 11 is 1.46. The molecule has 0 fully saturated rings. The van der Waals surface area contributed by atoms with Crippen molar-refractivity contribution in [2.45, 2.75) is 13.3 Å². The van der Waals surface area contributed by atoms with Crippen LogP contribution in [0.5, 0.6) is 0 Å². The molecule has 2 rings (SSSR count). The topological polar surface area (TPSA) is 62.2 Å². The van der Waals surface area contributed by atoms with Crippen LogP contribution in [0, 0.1) is 6.92 Å². The lowest BCUT2D eigenvalue weighted by atomic mass is 10.1. The molecule has 2 aromatic rings. The molecule has 0 aliphatic rings. The summed E-state index contributed by atoms with van der Waals surface area (Å²) in [6.45, 7) is 2.57. The maximum Gasteiger partial charge on any atom is 0.270 e. The third kappa shape index (κ3) is 3.39. The zero-order valence-corrected chi connectivity index (χ0v) is 11.5. The van der Waals surface area contributed by atoms with E-state index in [0.717, 1.165) is 16.1 Å². The SMILES string of the molecule is Cc1ccccc1-c1nc(C(=O)NCCCO)cs1. The van der Waals surface area contributed by atoms with Gasteiger partial charge in [-0.1, -0.05) is 24.3 Å². The third-order valence-corrected chi connectivity index (χ3v) is 3.61. The fourth-order valence-corrected chi connectivity index (χ4v) is 2.58. The first-order valence-corrected chi connectivity index (χ1v) is 7.01. The average molecular weight is 276 g/mol. The largest absolute Gasteiger partial charge is 0.396 e. The van der Waals surface area contributed by atoms with Crippen LogP contribution in [-0.4, -0.2) is 29.1 Å². The predicted octanol–water partition coefficient (Wildman–Crippen LogP) is 2.23. The summed E-state index contributed by atoms with van der Waals surface area (Å²) in [4.78, 5) is 16.2. The van der Waals surface area contributed by atoms with E-state index in [0.29, 0.717) is 18.7 Å². The van der Waals surface area contributed by atoms with Crippen LogP contribution in [0.1, 0.15) is 22.5 Å². The molecule has 19 heavy (non-hydrogen) atoms. The van der Waals surface area contributed by atoms with Gasteiger partial charge in [-0.15, -0.1) is 11.3 Å². The number of nitrogens with zero attached hydrogens (tertiary/aromatic N) is 1. The second kappa shape index (κ2) is 6.45. The molecule has 0 saturated carbocycles. The number of benzene rings is 1. The summed E-state index contributed by atoms with van der Waals surface area (Å²) < 4.78 is 0. The lowest BCUT2D eigenvalue weighted by Crippen LogP contribution is -2.25. The number of hydrogen-bond donors (Lipinski definition) is 2. The highest BCUT2D eigenvalue weighted by atomic mass is 32.1. The first kappa shape index (κ1) is 13.7. The summed E-state index contributed by atoms with van der Waals surface area (Å²) in [5.41, 5.74) is 2.63. The molecule has 0 spiro atoms.